The van der Waals surface area contributed by atoms with E-state index >= 15 is 0 Å². The first-order chi connectivity index (χ1) is 45.5. The quantitative estimate of drug-likeness (QED) is 0.0362. The van der Waals surface area contributed by atoms with Gasteiger partial charge in [0.05, 0.1) is 71.6 Å². The number of likely N-dealkylation sites (tertiary alicyclic amines) is 2. The molecule has 0 aromatic heterocycles. The highest BCUT2D eigenvalue weighted by atomic mass is 35.5. The fraction of sp³-hybridized carbons (Fsp3) is 0.531. The molecule has 10 rings (SSSR count). The van der Waals surface area contributed by atoms with Crippen LogP contribution in [0.3, 0.4) is 0 Å². The van der Waals surface area contributed by atoms with Crippen LogP contribution in [-0.2, 0) is 52.0 Å². The minimum atomic E-state index is -4.08. The predicted molar refractivity (Wildman–Crippen MR) is 349 cm³/mol. The summed E-state index contributed by atoms with van der Waals surface area (Å²) in [5, 5.41) is 38.4. The Labute approximate surface area is 559 Å². The lowest BCUT2D eigenvalue weighted by molar-refractivity contribution is -0.136. The number of hydrogen-bond acceptors (Lipinski definition) is 18. The third-order valence-electron chi connectivity index (χ3n) is 17.8. The molecule has 4 fully saturated rings. The summed E-state index contributed by atoms with van der Waals surface area (Å²) in [4.78, 5) is 59.4. The van der Waals surface area contributed by atoms with Crippen LogP contribution in [-0.4, -0.2) is 216 Å². The van der Waals surface area contributed by atoms with Gasteiger partial charge in [-0.1, -0.05) is 23.2 Å². The maximum atomic E-state index is 13.6. The number of rotatable bonds is 29. The first-order valence-corrected chi connectivity index (χ1v) is 35.9. The fourth-order valence-corrected chi connectivity index (χ4v) is 15.9. The smallest absolute Gasteiger partial charge is 0.314 e. The van der Waals surface area contributed by atoms with Gasteiger partial charge in [0, 0.05) is 115 Å². The van der Waals surface area contributed by atoms with Gasteiger partial charge in [-0.05, 0) is 146 Å². The van der Waals surface area contributed by atoms with Crippen molar-refractivity contribution in [3.8, 4) is 23.6 Å². The molecule has 4 aliphatic heterocycles. The molecule has 6 atom stereocenters. The summed E-state index contributed by atoms with van der Waals surface area (Å²) in [7, 11) is -8.17. The number of fused-ring (bicyclic) bond motifs is 2. The minimum absolute atomic E-state index is 0.0128. The van der Waals surface area contributed by atoms with E-state index in [9.17, 15) is 46.5 Å². The number of halogens is 2. The molecule has 4 saturated heterocycles. The Morgan fingerprint density at radius 3 is 1.31 bits per heavy atom. The Kier molecular flexibility index (Phi) is 24.7. The number of nitrogens with zero attached hydrogens (tertiary/aromatic N) is 6. The SMILES string of the molecule is N#Cc1cc(Cl)cc2c1C[C@H](N1CCNCC1)[C@H]2Oc1ccc(S(=O)(=O)N[C@H]2CCCN(CCOCCNC(=O)NCCCCNC(=O)NCCOCCN3CCC[C@H](NS(=O)(=O)c4ccc(O[C@H]5c6cc(Cl)cc(C#N)c6C[C@@H]5N5CCNCC5)cc4)C3=O)C2=O)cc1. The van der Waals surface area contributed by atoms with Gasteiger partial charge in [-0.15, -0.1) is 0 Å². The second-order valence-electron chi connectivity index (χ2n) is 24.0. The van der Waals surface area contributed by atoms with E-state index in [1.54, 1.807) is 46.2 Å². The van der Waals surface area contributed by atoms with Crippen LogP contribution in [0.4, 0.5) is 9.59 Å². The number of benzene rings is 4. The number of amides is 6. The maximum Gasteiger partial charge on any atom is 0.314 e. The predicted octanol–water partition coefficient (Wildman–Crippen LogP) is 3.29. The Morgan fingerprint density at radius 2 is 0.926 bits per heavy atom. The standard InChI is InChI=1S/C64H82Cl2N14O12S2/c65-45-35-43(41-67)51-39-57(77-25-17-69-18-26-77)59(53(51)37-45)91-47-7-11-49(12-8-47)93(85,86)75-55-5-3-23-79(61(55)81)29-33-89-31-21-73-63(83)71-15-1-2-16-72-64(84)74-22-32-90-34-30-80-24-4-6-56(62(80)82)76-94(87,88)50-13-9-48(10-14-50)92-60-54-38-46(66)36-44(42-68)52(54)40-58(60)78-27-19-70-20-28-78/h7-14,35-38,55-60,69-70,75-76H,1-6,15-34,39-40H2,(H2,71,73,83)(H2,72,74,84)/t55-,56-,57-,58-,59-,60-/m0/s1. The van der Waals surface area contributed by atoms with Crippen LogP contribution >= 0.6 is 23.2 Å². The third kappa shape index (κ3) is 18.2. The summed E-state index contributed by atoms with van der Waals surface area (Å²) < 4.78 is 84.0. The molecule has 8 N–H and O–H groups in total. The highest BCUT2D eigenvalue weighted by Crippen LogP contribution is 2.43. The van der Waals surface area contributed by atoms with Gasteiger partial charge in [0.2, 0.25) is 31.9 Å². The van der Waals surface area contributed by atoms with E-state index in [0.29, 0.717) is 110 Å². The van der Waals surface area contributed by atoms with Gasteiger partial charge in [-0.2, -0.15) is 20.0 Å². The summed E-state index contributed by atoms with van der Waals surface area (Å²) in [5.74, 6) is 0.219. The van der Waals surface area contributed by atoms with E-state index in [0.717, 1.165) is 74.6 Å². The van der Waals surface area contributed by atoms with E-state index < -0.39 is 44.3 Å². The number of ether oxygens (including phenoxy) is 4. The minimum Gasteiger partial charge on any atom is -0.484 e. The summed E-state index contributed by atoms with van der Waals surface area (Å²) in [6.45, 7) is 9.91. The summed E-state index contributed by atoms with van der Waals surface area (Å²) in [6.07, 6.45) is 3.46. The molecule has 6 amide bonds. The fourth-order valence-electron chi connectivity index (χ4n) is 13.0. The molecule has 26 nitrogen and oxygen atoms in total. The monoisotopic (exact) mass is 1370 g/mol. The van der Waals surface area contributed by atoms with Gasteiger partial charge in [0.25, 0.3) is 0 Å². The lowest BCUT2D eigenvalue weighted by atomic mass is 10.0. The zero-order valence-corrected chi connectivity index (χ0v) is 55.5. The molecule has 2 aliphatic carbocycles. The topological polar surface area (TPSA) is 330 Å². The number of piperazine rings is 2. The van der Waals surface area contributed by atoms with Crippen LogP contribution in [0.2, 0.25) is 10.0 Å². The third-order valence-corrected chi connectivity index (χ3v) is 21.2. The van der Waals surface area contributed by atoms with Crippen molar-refractivity contribution in [3.63, 3.8) is 0 Å². The van der Waals surface area contributed by atoms with Gasteiger partial charge in [-0.25, -0.2) is 26.4 Å². The number of unbranched alkanes of at least 4 members (excludes halogenated alkanes) is 1. The first kappa shape index (κ1) is 69.9. The zero-order valence-electron chi connectivity index (χ0n) is 52.3. The number of hydrogen-bond donors (Lipinski definition) is 8. The Morgan fingerprint density at radius 1 is 0.543 bits per heavy atom. The van der Waals surface area contributed by atoms with Crippen LogP contribution in [0.25, 0.3) is 0 Å². The highest BCUT2D eigenvalue weighted by molar-refractivity contribution is 7.89. The van der Waals surface area contributed by atoms with Gasteiger partial charge in [0.1, 0.15) is 35.8 Å². The second kappa shape index (κ2) is 33.2. The van der Waals surface area contributed by atoms with E-state index in [1.807, 2.05) is 12.1 Å². The summed E-state index contributed by atoms with van der Waals surface area (Å²) in [6, 6.07) is 21.0. The average Bonchev–Trinajstić information content (AvgIpc) is 1.61. The van der Waals surface area contributed by atoms with Crippen molar-refractivity contribution < 1.29 is 55.0 Å². The average molecular weight is 1370 g/mol. The summed E-state index contributed by atoms with van der Waals surface area (Å²) in [5.41, 5.74) is 4.54. The van der Waals surface area contributed by atoms with Crippen molar-refractivity contribution >= 4 is 67.1 Å². The molecule has 94 heavy (non-hydrogen) atoms. The highest BCUT2D eigenvalue weighted by Gasteiger charge is 2.43. The number of urea groups is 2. The van der Waals surface area contributed by atoms with E-state index in [-0.39, 0.29) is 98.4 Å². The zero-order chi connectivity index (χ0) is 66.2. The number of nitrogens with one attached hydrogen (secondary N) is 8. The summed E-state index contributed by atoms with van der Waals surface area (Å²) >= 11 is 12.9. The normalized spacial score (nSPS) is 21.8. The largest absolute Gasteiger partial charge is 0.484 e. The van der Waals surface area contributed by atoms with E-state index in [1.165, 1.54) is 24.3 Å². The molecule has 6 aliphatic rings. The van der Waals surface area contributed by atoms with Crippen LogP contribution in [0, 0.1) is 22.7 Å². The molecular formula is C64H82Cl2N14O12S2. The van der Waals surface area contributed by atoms with Crippen molar-refractivity contribution in [3.05, 3.63) is 116 Å². The molecule has 0 spiro atoms. The van der Waals surface area contributed by atoms with Crippen molar-refractivity contribution in [1.29, 1.82) is 10.5 Å². The molecule has 0 radical (unpaired) electrons. The maximum absolute atomic E-state index is 13.6. The molecule has 0 bridgehead atoms. The molecule has 0 saturated carbocycles. The second-order valence-corrected chi connectivity index (χ2v) is 28.3. The molecule has 0 unspecified atom stereocenters. The van der Waals surface area contributed by atoms with E-state index in [2.05, 4.69) is 63.3 Å². The lowest BCUT2D eigenvalue weighted by Crippen LogP contribution is -2.52. The first-order valence-electron chi connectivity index (χ1n) is 32.2. The van der Waals surface area contributed by atoms with Crippen LogP contribution < -0.4 is 50.8 Å². The molecule has 4 heterocycles. The number of carbonyl (C=O) groups excluding carboxylic acids is 4. The molecular weight excluding hydrogens is 1290 g/mol. The number of piperidine rings is 2. The van der Waals surface area contributed by atoms with Crippen molar-refractivity contribution in [1.82, 2.24) is 60.9 Å². The lowest BCUT2D eigenvalue weighted by Gasteiger charge is -2.36. The number of carbonyl (C=O) groups is 4. The number of sulfonamides is 2. The van der Waals surface area contributed by atoms with Crippen molar-refractivity contribution in [2.75, 3.05) is 131 Å². The van der Waals surface area contributed by atoms with Gasteiger partial charge >= 0.3 is 12.1 Å². The Hall–Kier alpha value is -6.90. The van der Waals surface area contributed by atoms with Crippen LogP contribution in [0.15, 0.2) is 82.6 Å². The van der Waals surface area contributed by atoms with Crippen LogP contribution in [0.1, 0.15) is 84.1 Å². The molecule has 4 aromatic rings. The van der Waals surface area contributed by atoms with Crippen molar-refractivity contribution in [2.24, 2.45) is 0 Å². The Bertz CT molecular complexity index is 3390. The van der Waals surface area contributed by atoms with Gasteiger partial charge in [0.15, 0.2) is 0 Å². The van der Waals surface area contributed by atoms with Crippen LogP contribution in [0.5, 0.6) is 11.5 Å². The van der Waals surface area contributed by atoms with Crippen molar-refractivity contribution in [2.45, 2.75) is 97.5 Å². The molecule has 506 valence electrons. The van der Waals surface area contributed by atoms with E-state index in [4.69, 9.17) is 42.1 Å². The number of nitriles is 2. The van der Waals surface area contributed by atoms with Gasteiger partial charge < -0.3 is 60.6 Å². The Balaban J connectivity index is 0.544. The molecule has 30 heteroatoms. The van der Waals surface area contributed by atoms with Gasteiger partial charge in [-0.3, -0.25) is 19.4 Å². The molecule has 4 aromatic carbocycles.